The van der Waals surface area contributed by atoms with Gasteiger partial charge >= 0.3 is 0 Å². The van der Waals surface area contributed by atoms with Crippen LogP contribution in [0.3, 0.4) is 0 Å². The van der Waals surface area contributed by atoms with Gasteiger partial charge in [0.15, 0.2) is 0 Å². The fourth-order valence-corrected chi connectivity index (χ4v) is 2.72. The van der Waals surface area contributed by atoms with Crippen molar-refractivity contribution in [3.8, 4) is 0 Å². The van der Waals surface area contributed by atoms with Gasteiger partial charge in [0.05, 0.1) is 5.92 Å². The van der Waals surface area contributed by atoms with Crippen LogP contribution in [0.1, 0.15) is 24.0 Å². The van der Waals surface area contributed by atoms with E-state index in [1.807, 2.05) is 12.4 Å². The average molecular weight is 276 g/mol. The van der Waals surface area contributed by atoms with Crippen LogP contribution in [0.5, 0.6) is 0 Å². The lowest BCUT2D eigenvalue weighted by atomic mass is 9.96. The van der Waals surface area contributed by atoms with Crippen molar-refractivity contribution < 1.29 is 4.79 Å². The Balaban J connectivity index is 1.88. The van der Waals surface area contributed by atoms with Crippen LogP contribution in [-0.4, -0.2) is 42.0 Å². The number of nitrogens with two attached hydrogens (primary N) is 1. The molecule has 0 aromatic carbocycles. The van der Waals surface area contributed by atoms with Crippen molar-refractivity contribution >= 4 is 5.91 Å². The van der Waals surface area contributed by atoms with E-state index in [9.17, 15) is 4.79 Å². The summed E-state index contributed by atoms with van der Waals surface area (Å²) in [5.74, 6) is 0.232. The zero-order chi connectivity index (χ0) is 14.4. The molecule has 0 bridgehead atoms. The number of nitrogens with zero attached hydrogens (tertiary/aromatic N) is 2. The summed E-state index contributed by atoms with van der Waals surface area (Å²) in [6.07, 6.45) is 5.81. The van der Waals surface area contributed by atoms with Crippen molar-refractivity contribution in [2.75, 3.05) is 26.2 Å². The van der Waals surface area contributed by atoms with E-state index in [4.69, 9.17) is 5.73 Å². The number of rotatable bonds is 5. The molecule has 1 saturated heterocycles. The van der Waals surface area contributed by atoms with Crippen LogP contribution < -0.4 is 11.1 Å². The van der Waals surface area contributed by atoms with Crippen molar-refractivity contribution in [3.63, 3.8) is 0 Å². The summed E-state index contributed by atoms with van der Waals surface area (Å²) in [5.41, 5.74) is 7.81. The Hall–Kier alpha value is -1.46. The van der Waals surface area contributed by atoms with Crippen LogP contribution in [-0.2, 0) is 11.3 Å². The Kier molecular flexibility index (Phi) is 5.49. The Morgan fingerprint density at radius 2 is 2.40 bits per heavy atom. The molecule has 1 aliphatic heterocycles. The van der Waals surface area contributed by atoms with E-state index in [1.54, 1.807) is 0 Å². The summed E-state index contributed by atoms with van der Waals surface area (Å²) >= 11 is 0. The highest BCUT2D eigenvalue weighted by Gasteiger charge is 2.25. The summed E-state index contributed by atoms with van der Waals surface area (Å²) in [4.78, 5) is 18.6. The maximum Gasteiger partial charge on any atom is 0.224 e. The number of hydrogen-bond acceptors (Lipinski definition) is 4. The molecular formula is C15H24N4O. The SMILES string of the molecule is Cc1cncc(CN2CCCC(C(=O)NCCN)C2)c1. The van der Waals surface area contributed by atoms with Crippen LogP contribution in [0.4, 0.5) is 0 Å². The third kappa shape index (κ3) is 4.28. The molecular weight excluding hydrogens is 252 g/mol. The van der Waals surface area contributed by atoms with Crippen LogP contribution in [0, 0.1) is 12.8 Å². The van der Waals surface area contributed by atoms with Gasteiger partial charge in [0, 0.05) is 38.6 Å². The predicted molar refractivity (Wildman–Crippen MR) is 79.0 cm³/mol. The molecule has 0 saturated carbocycles. The number of aryl methyl sites for hydroxylation is 1. The number of likely N-dealkylation sites (tertiary alicyclic amines) is 1. The molecule has 1 aliphatic rings. The van der Waals surface area contributed by atoms with Gasteiger partial charge in [-0.2, -0.15) is 0 Å². The number of carbonyl (C=O) groups is 1. The molecule has 1 aromatic rings. The number of amides is 1. The molecule has 20 heavy (non-hydrogen) atoms. The number of pyridine rings is 1. The first-order valence-corrected chi connectivity index (χ1v) is 7.29. The lowest BCUT2D eigenvalue weighted by Gasteiger charge is -2.32. The van der Waals surface area contributed by atoms with E-state index in [-0.39, 0.29) is 11.8 Å². The van der Waals surface area contributed by atoms with Crippen LogP contribution in [0.15, 0.2) is 18.5 Å². The Labute approximate surface area is 120 Å². The van der Waals surface area contributed by atoms with Gasteiger partial charge in [-0.25, -0.2) is 0 Å². The first-order valence-electron chi connectivity index (χ1n) is 7.29. The van der Waals surface area contributed by atoms with Gasteiger partial charge < -0.3 is 11.1 Å². The Morgan fingerprint density at radius 1 is 1.55 bits per heavy atom. The summed E-state index contributed by atoms with van der Waals surface area (Å²) in [7, 11) is 0. The van der Waals surface area contributed by atoms with Gasteiger partial charge in [0.1, 0.15) is 0 Å². The van der Waals surface area contributed by atoms with E-state index in [2.05, 4.69) is 28.2 Å². The quantitative estimate of drug-likeness (QED) is 0.829. The fraction of sp³-hybridized carbons (Fsp3) is 0.600. The van der Waals surface area contributed by atoms with Crippen LogP contribution >= 0.6 is 0 Å². The molecule has 2 heterocycles. The minimum atomic E-state index is 0.0908. The molecule has 1 unspecified atom stereocenters. The van der Waals surface area contributed by atoms with Gasteiger partial charge in [-0.05, 0) is 37.4 Å². The first kappa shape index (κ1) is 14.9. The second-order valence-corrected chi connectivity index (χ2v) is 5.52. The van der Waals surface area contributed by atoms with Gasteiger partial charge in [0.25, 0.3) is 0 Å². The highest BCUT2D eigenvalue weighted by atomic mass is 16.1. The predicted octanol–water partition coefficient (Wildman–Crippen LogP) is 0.677. The summed E-state index contributed by atoms with van der Waals surface area (Å²) in [6, 6.07) is 2.16. The minimum absolute atomic E-state index is 0.0908. The highest BCUT2D eigenvalue weighted by molar-refractivity contribution is 5.78. The lowest BCUT2D eigenvalue weighted by Crippen LogP contribution is -2.43. The molecule has 1 aromatic heterocycles. The molecule has 5 heteroatoms. The van der Waals surface area contributed by atoms with Gasteiger partial charge in [0.2, 0.25) is 5.91 Å². The molecule has 0 radical (unpaired) electrons. The molecule has 1 amide bonds. The highest BCUT2D eigenvalue weighted by Crippen LogP contribution is 2.18. The topological polar surface area (TPSA) is 71.2 Å². The van der Waals surface area contributed by atoms with Gasteiger partial charge in [-0.3, -0.25) is 14.7 Å². The fourth-order valence-electron chi connectivity index (χ4n) is 2.72. The molecule has 1 fully saturated rings. The Bertz CT molecular complexity index is 449. The third-order valence-corrected chi connectivity index (χ3v) is 3.66. The second-order valence-electron chi connectivity index (χ2n) is 5.52. The van der Waals surface area contributed by atoms with Crippen LogP contribution in [0.2, 0.25) is 0 Å². The minimum Gasteiger partial charge on any atom is -0.355 e. The number of nitrogens with one attached hydrogen (secondary N) is 1. The van der Waals surface area contributed by atoms with E-state index < -0.39 is 0 Å². The average Bonchev–Trinajstić information content (AvgIpc) is 2.45. The largest absolute Gasteiger partial charge is 0.355 e. The van der Waals surface area contributed by atoms with Crippen molar-refractivity contribution in [1.82, 2.24) is 15.2 Å². The number of aromatic nitrogens is 1. The maximum absolute atomic E-state index is 12.0. The van der Waals surface area contributed by atoms with E-state index in [0.29, 0.717) is 13.1 Å². The monoisotopic (exact) mass is 276 g/mol. The molecule has 2 rings (SSSR count). The van der Waals surface area contributed by atoms with Crippen LogP contribution in [0.25, 0.3) is 0 Å². The molecule has 5 nitrogen and oxygen atoms in total. The summed E-state index contributed by atoms with van der Waals surface area (Å²) in [5, 5.41) is 2.89. The van der Waals surface area contributed by atoms with Gasteiger partial charge in [-0.1, -0.05) is 6.07 Å². The zero-order valence-corrected chi connectivity index (χ0v) is 12.1. The van der Waals surface area contributed by atoms with Crippen molar-refractivity contribution in [3.05, 3.63) is 29.6 Å². The van der Waals surface area contributed by atoms with E-state index >= 15 is 0 Å². The van der Waals surface area contributed by atoms with E-state index in [1.165, 1.54) is 11.1 Å². The molecule has 0 aliphatic carbocycles. The van der Waals surface area contributed by atoms with Crippen molar-refractivity contribution in [1.29, 1.82) is 0 Å². The van der Waals surface area contributed by atoms with Gasteiger partial charge in [-0.15, -0.1) is 0 Å². The Morgan fingerprint density at radius 3 is 3.15 bits per heavy atom. The third-order valence-electron chi connectivity index (χ3n) is 3.66. The molecule has 1 atom stereocenters. The number of hydrogen-bond donors (Lipinski definition) is 2. The summed E-state index contributed by atoms with van der Waals surface area (Å²) < 4.78 is 0. The molecule has 3 N–H and O–H groups in total. The lowest BCUT2D eigenvalue weighted by molar-refractivity contribution is -0.126. The zero-order valence-electron chi connectivity index (χ0n) is 12.1. The standard InChI is InChI=1S/C15H24N4O/c1-12-7-13(9-17-8-12)10-19-6-2-3-14(11-19)15(20)18-5-4-16/h7-9,14H,2-6,10-11,16H2,1H3,(H,18,20). The molecule has 110 valence electrons. The second kappa shape index (κ2) is 7.36. The normalized spacial score (nSPS) is 19.8. The number of piperidine rings is 1. The number of carbonyl (C=O) groups excluding carboxylic acids is 1. The van der Waals surface area contributed by atoms with Crippen molar-refractivity contribution in [2.24, 2.45) is 11.7 Å². The van der Waals surface area contributed by atoms with Crippen molar-refractivity contribution in [2.45, 2.75) is 26.3 Å². The molecule has 0 spiro atoms. The smallest absolute Gasteiger partial charge is 0.224 e. The van der Waals surface area contributed by atoms with E-state index in [0.717, 1.165) is 32.5 Å². The summed E-state index contributed by atoms with van der Waals surface area (Å²) in [6.45, 7) is 5.86. The maximum atomic E-state index is 12.0. The first-order chi connectivity index (χ1) is 9.69.